The number of thiocarbonyl (C=S) groups is 1. The van der Waals surface area contributed by atoms with E-state index in [1.807, 2.05) is 35.7 Å². The lowest BCUT2D eigenvalue weighted by Crippen LogP contribution is -2.47. The topological polar surface area (TPSA) is 506 Å². The highest BCUT2D eigenvalue weighted by Crippen LogP contribution is 2.61. The van der Waals surface area contributed by atoms with E-state index in [1.165, 1.54) is 0 Å². The number of nitrogens with zero attached hydrogens (tertiary/aromatic N) is 4. The van der Waals surface area contributed by atoms with Gasteiger partial charge in [-0.25, -0.2) is 67.8 Å². The molecule has 16 rings (SSSR count). The van der Waals surface area contributed by atoms with Crippen LogP contribution in [0.2, 0.25) is 0 Å². The summed E-state index contributed by atoms with van der Waals surface area (Å²) < 4.78 is 299. The number of phosphoric ester groups is 4. The van der Waals surface area contributed by atoms with Crippen molar-refractivity contribution in [2.75, 3.05) is 26.3 Å². The van der Waals surface area contributed by atoms with Gasteiger partial charge in [0, 0.05) is 28.5 Å². The van der Waals surface area contributed by atoms with E-state index in [2.05, 4.69) is 48.5 Å². The summed E-state index contributed by atoms with van der Waals surface area (Å²) in [7, 11) is -18.3. The fourth-order valence-corrected chi connectivity index (χ4v) is 19.1. The molecule has 0 radical (unpaired) electrons. The van der Waals surface area contributed by atoms with Gasteiger partial charge in [-0.2, -0.15) is 0 Å². The summed E-state index contributed by atoms with van der Waals surface area (Å²) >= 11 is 18.4. The molecule has 7 aromatic rings. The molecule has 0 saturated carbocycles. The summed E-state index contributed by atoms with van der Waals surface area (Å²) in [5, 5.41) is 84.5. The van der Waals surface area contributed by atoms with Crippen molar-refractivity contribution in [1.29, 1.82) is 0 Å². The Morgan fingerprint density at radius 3 is 1.12 bits per heavy atom. The zero-order valence-corrected chi connectivity index (χ0v) is 73.7. The van der Waals surface area contributed by atoms with Gasteiger partial charge >= 0.3 is 48.4 Å². The summed E-state index contributed by atoms with van der Waals surface area (Å²) in [6.45, 7) is 6.52. The number of ether oxygens (including phenoxy) is 4. The van der Waals surface area contributed by atoms with Crippen molar-refractivity contribution < 1.29 is 176 Å². The van der Waals surface area contributed by atoms with E-state index in [9.17, 15) is 91.1 Å². The number of aliphatic hydroxyl groups is 8. The number of hydrogen-bond acceptors (Lipinski definition) is 36. The van der Waals surface area contributed by atoms with Crippen molar-refractivity contribution in [2.45, 2.75) is 179 Å². The predicted molar refractivity (Wildman–Crippen MR) is 432 cm³/mol. The Bertz CT molecular complexity index is 6590. The third-order valence-electron chi connectivity index (χ3n) is 19.6. The summed E-state index contributed by atoms with van der Waals surface area (Å²) in [5.41, 5.74) is 4.79. The average molecular weight is 1970 g/mol. The van der Waals surface area contributed by atoms with Crippen LogP contribution in [0.5, 0.6) is 23.0 Å². The first-order valence-electron chi connectivity index (χ1n) is 40.0. The molecule has 0 amide bonds. The summed E-state index contributed by atoms with van der Waals surface area (Å²) in [5.74, 6) is -18.5. The SMILES string of the molecule is Cc1cc(C)c2c(c1)COP(=O)(OC[C@@]1(F)O[C@@H](n3cc(F)c(=S)[nH]c3=O)[C@H](O)[C@@H]1O)O2.[2H]C([2H])(OP1(=O)OCc2cc(C)cc(C)c2O1)[C@@]1(F)O[C@@H](n2cc(F)c(=S)[nH]c2=O)[C@H](O)[C@@H]1O.[2H]C([2H])(OP1(=O)OCc2cc(C)cc(C)c2O1)[C@@]1(F)O[C@@]([2H])(N2C=C(F)C(=S)NC2=C)[C@H](O)[C@@H]1O.[2H][C@@]1(n2cc(F)c(=S)[nH]c2=O)O[C@](F)(COP2(=O)OCc3cc(C)cc(C)c3O2)[C@@H](O)[C@H]1O. The third-order valence-corrected chi connectivity index (χ3v) is 25.7. The first-order chi connectivity index (χ1) is 61.9. The van der Waals surface area contributed by atoms with Gasteiger partial charge in [-0.1, -0.05) is 126 Å². The molecular weight excluding hydrogens is 1890 g/mol. The van der Waals surface area contributed by atoms with Crippen LogP contribution in [-0.4, -0.2) is 184 Å². The normalized spacial score (nSPS) is 34.6. The molecule has 4 fully saturated rings. The zero-order chi connectivity index (χ0) is 99.1. The van der Waals surface area contributed by atoms with E-state index in [0.29, 0.717) is 83.3 Å². The van der Waals surface area contributed by atoms with Crippen molar-refractivity contribution in [3.63, 3.8) is 0 Å². The zero-order valence-electron chi connectivity index (χ0n) is 72.9. The molecule has 9 aliphatic rings. The smallest absolute Gasteiger partial charge is 0.403 e. The monoisotopic (exact) mass is 1970 g/mol. The Hall–Kier alpha value is -7.89. The molecule has 9 aliphatic heterocycles. The van der Waals surface area contributed by atoms with Gasteiger partial charge in [0.05, 0.1) is 53.2 Å². The Balaban J connectivity index is 0.000000152. The van der Waals surface area contributed by atoms with Crippen LogP contribution in [0.4, 0.5) is 35.1 Å². The molecule has 696 valence electrons. The fraction of sp³-hybridized carbons (Fsp3) is 0.438. The van der Waals surface area contributed by atoms with Gasteiger partial charge in [0.25, 0.3) is 23.4 Å². The van der Waals surface area contributed by atoms with E-state index < -0.39 is 214 Å². The van der Waals surface area contributed by atoms with E-state index in [-0.39, 0.29) is 59.8 Å². The lowest BCUT2D eigenvalue weighted by atomic mass is 10.1. The van der Waals surface area contributed by atoms with Crippen LogP contribution in [0.15, 0.2) is 106 Å². The molecule has 0 spiro atoms. The van der Waals surface area contributed by atoms with Crippen LogP contribution in [-0.2, 0) is 99.8 Å². The number of aromatic amines is 3. The third kappa shape index (κ3) is 20.1. The molecule has 12 N–H and O–H groups in total. The maximum atomic E-state index is 15.9. The summed E-state index contributed by atoms with van der Waals surface area (Å²) in [4.78, 5) is 42.1. The van der Waals surface area contributed by atoms with Gasteiger partial charge in [0.1, 0.15) is 123 Å². The van der Waals surface area contributed by atoms with Crippen LogP contribution in [0, 0.1) is 86.8 Å². The Labute approximate surface area is 745 Å². The number of alkyl halides is 4. The standard InChI is InChI=1S/C19H21F2N2O7PS.3C18H19F2N2O8PS/c1-9-4-10(2)15-12(5-9)7-27-31(26,30-15)28-8-19(21)16(25)14(24)18(29-19)23-6-13(20)17(32)22-11(23)3;3*1-8-3-9(2)13-10(4-8)6-27-31(26,30-13)28-7-18(20)14(24)12(23)16(29-18)22-5-11(19)15(32)21-17(22)25/h4-6,14,16,18,24-25H,3,7-8H2,1-2H3,(H,22,32);3*3-5,12,14,16,23-24H,6-7H2,1-2H3,(H,21,25,32)/t14-,16+,18-,19-,31?;3*12-,14+,16-,18-,31?/m1111/s1/i8D2,18D;16D;7D2;. The lowest BCUT2D eigenvalue weighted by molar-refractivity contribution is -0.207. The van der Waals surface area contributed by atoms with Crippen LogP contribution < -0.4 is 40.5 Å². The van der Waals surface area contributed by atoms with Gasteiger partial charge in [-0.15, -0.1) is 0 Å². The second-order valence-corrected chi connectivity index (χ2v) is 37.4. The molecule has 12 heterocycles. The molecule has 4 aromatic carbocycles. The fourth-order valence-electron chi connectivity index (χ4n) is 13.6. The molecule has 128 heavy (non-hydrogen) atoms. The number of phosphoric acid groups is 4. The second-order valence-electron chi connectivity index (χ2n) is 29.5. The molecule has 20 atom stereocenters. The minimum atomic E-state index is -4.84. The maximum Gasteiger partial charge on any atom is 0.530 e. The van der Waals surface area contributed by atoms with Crippen molar-refractivity contribution in [3.8, 4) is 23.0 Å². The van der Waals surface area contributed by atoms with Crippen LogP contribution in [0.25, 0.3) is 0 Å². The molecule has 55 heteroatoms. The molecule has 4 unspecified atom stereocenters. The number of fused-ring (bicyclic) bond motifs is 4. The molecule has 3 aromatic heterocycles. The summed E-state index contributed by atoms with van der Waals surface area (Å²) in [6, 6.07) is 13.8. The van der Waals surface area contributed by atoms with Gasteiger partial charge < -0.3 is 88.1 Å². The lowest BCUT2D eigenvalue weighted by Gasteiger charge is -2.34. The average Bonchev–Trinajstić information content (AvgIpc) is 1.55. The van der Waals surface area contributed by atoms with Crippen LogP contribution in [0.1, 0.15) is 93.6 Å². The highest BCUT2D eigenvalue weighted by atomic mass is 32.1. The quantitative estimate of drug-likeness (QED) is 0.0243. The van der Waals surface area contributed by atoms with Gasteiger partial charge in [0.15, 0.2) is 48.1 Å². The van der Waals surface area contributed by atoms with Gasteiger partial charge in [-0.05, 0) is 77.6 Å². The molecule has 39 nitrogen and oxygen atoms in total. The first kappa shape index (κ1) is 89.3. The molecular formula is C73H78F8N8O31P4S4. The molecule has 0 aliphatic carbocycles. The first-order valence-corrected chi connectivity index (χ1v) is 44.4. The number of benzene rings is 4. The maximum absolute atomic E-state index is 15.9. The van der Waals surface area contributed by atoms with Crippen molar-refractivity contribution in [3.05, 3.63) is 221 Å². The Morgan fingerprint density at radius 2 is 0.742 bits per heavy atom. The Morgan fingerprint density at radius 1 is 0.453 bits per heavy atom. The number of aryl methyl sites for hydroxylation is 8. The van der Waals surface area contributed by atoms with Crippen molar-refractivity contribution in [1.82, 2.24) is 38.9 Å². The number of rotatable bonds is 16. The van der Waals surface area contributed by atoms with Gasteiger partial charge in [-0.3, -0.25) is 64.8 Å². The van der Waals surface area contributed by atoms with Crippen LogP contribution in [0.3, 0.4) is 0 Å². The number of hydrogen-bond donors (Lipinski definition) is 12. The second kappa shape index (κ2) is 36.9. The van der Waals surface area contributed by atoms with Crippen molar-refractivity contribution >= 4 is 85.2 Å². The number of halogens is 8. The number of nitrogens with one attached hydrogen (secondary N) is 4. The minimum absolute atomic E-state index is 0.0870. The van der Waals surface area contributed by atoms with Crippen molar-refractivity contribution in [2.24, 2.45) is 0 Å². The largest absolute Gasteiger partial charge is 0.530 e. The van der Waals surface area contributed by atoms with E-state index in [4.69, 9.17) is 93.7 Å². The highest BCUT2D eigenvalue weighted by molar-refractivity contribution is 7.80. The van der Waals surface area contributed by atoms with E-state index in [1.54, 1.807) is 83.1 Å². The van der Waals surface area contributed by atoms with E-state index in [0.717, 1.165) is 22.3 Å². The Kier molecular flexibility index (Phi) is 25.8. The van der Waals surface area contributed by atoms with Crippen LogP contribution >= 0.6 is 80.2 Å². The highest BCUT2D eigenvalue weighted by Gasteiger charge is 2.63. The number of aromatic nitrogens is 6. The number of aliphatic hydroxyl groups excluding tert-OH is 8. The minimum Gasteiger partial charge on any atom is -0.403 e. The van der Waals surface area contributed by atoms with E-state index >= 15 is 17.6 Å². The van der Waals surface area contributed by atoms with Gasteiger partial charge in [0.2, 0.25) is 0 Å². The predicted octanol–water partition coefficient (Wildman–Crippen LogP) is 9.53. The number of H-pyrrole nitrogens is 3. The molecule has 4 saturated heterocycles. The molecule has 0 bridgehead atoms. The summed E-state index contributed by atoms with van der Waals surface area (Å²) in [6.07, 6.45) is -27.2.